The van der Waals surface area contributed by atoms with Crippen molar-refractivity contribution in [1.82, 2.24) is 0 Å². The van der Waals surface area contributed by atoms with Gasteiger partial charge in [0.05, 0.1) is 4.88 Å². The van der Waals surface area contributed by atoms with Gasteiger partial charge in [0.25, 0.3) is 5.91 Å². The minimum absolute atomic E-state index is 0.462. The van der Waals surface area contributed by atoms with Crippen molar-refractivity contribution in [3.8, 4) is 0 Å². The van der Waals surface area contributed by atoms with E-state index in [-0.39, 0.29) is 0 Å². The van der Waals surface area contributed by atoms with Crippen molar-refractivity contribution in [2.75, 3.05) is 0 Å². The first-order valence-corrected chi connectivity index (χ1v) is 5.62. The maximum atomic E-state index is 10.9. The molecule has 82 valence electrons. The number of carbonyl (C=O) groups excluding carboxylic acids is 1. The number of aliphatic hydroxyl groups excluding tert-OH is 1. The Bertz CT molecular complexity index is 493. The first-order valence-electron chi connectivity index (χ1n) is 4.81. The van der Waals surface area contributed by atoms with Gasteiger partial charge in [-0.3, -0.25) is 4.79 Å². The van der Waals surface area contributed by atoms with Crippen molar-refractivity contribution in [2.45, 2.75) is 6.10 Å². The second-order valence-corrected chi connectivity index (χ2v) is 4.49. The fourth-order valence-electron chi connectivity index (χ4n) is 1.43. The molecule has 0 saturated heterocycles. The van der Waals surface area contributed by atoms with E-state index in [0.29, 0.717) is 4.88 Å². The van der Waals surface area contributed by atoms with E-state index < -0.39 is 12.0 Å². The summed E-state index contributed by atoms with van der Waals surface area (Å²) in [6, 6.07) is 12.7. The molecule has 2 rings (SSSR count). The number of thiophene rings is 1. The Morgan fingerprint density at radius 1 is 1.19 bits per heavy atom. The molecule has 0 aliphatic heterocycles. The van der Waals surface area contributed by atoms with Gasteiger partial charge < -0.3 is 10.8 Å². The number of amides is 1. The van der Waals surface area contributed by atoms with Crippen LogP contribution in [0.5, 0.6) is 0 Å². The highest BCUT2D eigenvalue weighted by atomic mass is 32.1. The quantitative estimate of drug-likeness (QED) is 0.850. The smallest absolute Gasteiger partial charge is 0.258 e. The maximum Gasteiger partial charge on any atom is 0.258 e. The van der Waals surface area contributed by atoms with Gasteiger partial charge in [0.15, 0.2) is 0 Å². The van der Waals surface area contributed by atoms with Crippen LogP contribution in [0.2, 0.25) is 0 Å². The summed E-state index contributed by atoms with van der Waals surface area (Å²) < 4.78 is 0. The third kappa shape index (κ3) is 2.13. The molecule has 0 saturated carbocycles. The van der Waals surface area contributed by atoms with E-state index in [1.54, 1.807) is 12.1 Å². The fraction of sp³-hybridized carbons (Fsp3) is 0.0833. The Labute approximate surface area is 97.2 Å². The Balaban J connectivity index is 2.27. The lowest BCUT2D eigenvalue weighted by Gasteiger charge is -2.07. The van der Waals surface area contributed by atoms with Crippen LogP contribution >= 0.6 is 11.3 Å². The Hall–Kier alpha value is -1.65. The van der Waals surface area contributed by atoms with Crippen LogP contribution in [0.4, 0.5) is 0 Å². The minimum atomic E-state index is -0.695. The molecule has 2 aromatic rings. The number of carbonyl (C=O) groups is 1. The number of aliphatic hydroxyl groups is 1. The summed E-state index contributed by atoms with van der Waals surface area (Å²) in [6.07, 6.45) is -0.695. The molecule has 0 fully saturated rings. The van der Waals surface area contributed by atoms with Gasteiger partial charge >= 0.3 is 0 Å². The molecule has 1 amide bonds. The van der Waals surface area contributed by atoms with E-state index in [9.17, 15) is 9.90 Å². The summed E-state index contributed by atoms with van der Waals surface area (Å²) in [7, 11) is 0. The lowest BCUT2D eigenvalue weighted by Crippen LogP contribution is -2.08. The molecule has 3 N–H and O–H groups in total. The normalized spacial score (nSPS) is 12.3. The van der Waals surface area contributed by atoms with Crippen molar-refractivity contribution in [3.63, 3.8) is 0 Å². The molecule has 4 heteroatoms. The highest BCUT2D eigenvalue weighted by Gasteiger charge is 2.14. The molecule has 1 heterocycles. The fourth-order valence-corrected chi connectivity index (χ4v) is 2.31. The van der Waals surface area contributed by atoms with Crippen LogP contribution in [-0.2, 0) is 0 Å². The molecule has 0 bridgehead atoms. The third-order valence-corrected chi connectivity index (χ3v) is 3.41. The van der Waals surface area contributed by atoms with Gasteiger partial charge in [-0.2, -0.15) is 0 Å². The molecule has 0 spiro atoms. The van der Waals surface area contributed by atoms with Crippen LogP contribution in [0.25, 0.3) is 0 Å². The standard InChI is InChI=1S/C12H11NO2S/c13-12(15)10-7-6-9(16-10)11(14)8-4-2-1-3-5-8/h1-7,11,14H,(H2,13,15). The van der Waals surface area contributed by atoms with Gasteiger partial charge in [-0.1, -0.05) is 30.3 Å². The van der Waals surface area contributed by atoms with Gasteiger partial charge in [-0.05, 0) is 17.7 Å². The van der Waals surface area contributed by atoms with E-state index in [1.807, 2.05) is 30.3 Å². The lowest BCUT2D eigenvalue weighted by atomic mass is 10.1. The highest BCUT2D eigenvalue weighted by Crippen LogP contribution is 2.27. The Kier molecular flexibility index (Phi) is 3.03. The summed E-state index contributed by atoms with van der Waals surface area (Å²) >= 11 is 1.22. The number of hydrogen-bond donors (Lipinski definition) is 2. The van der Waals surface area contributed by atoms with Crippen molar-refractivity contribution in [3.05, 3.63) is 57.8 Å². The number of hydrogen-bond acceptors (Lipinski definition) is 3. The van der Waals surface area contributed by atoms with Gasteiger partial charge in [0.2, 0.25) is 0 Å². The van der Waals surface area contributed by atoms with E-state index in [4.69, 9.17) is 5.73 Å². The second kappa shape index (κ2) is 4.47. The molecular formula is C12H11NO2S. The van der Waals surface area contributed by atoms with Crippen LogP contribution in [0, 0.1) is 0 Å². The monoisotopic (exact) mass is 233 g/mol. The zero-order chi connectivity index (χ0) is 11.5. The van der Waals surface area contributed by atoms with E-state index in [1.165, 1.54) is 11.3 Å². The molecule has 0 aliphatic carbocycles. The average molecular weight is 233 g/mol. The Morgan fingerprint density at radius 2 is 1.88 bits per heavy atom. The molecule has 1 atom stereocenters. The second-order valence-electron chi connectivity index (χ2n) is 3.38. The van der Waals surface area contributed by atoms with Crippen molar-refractivity contribution < 1.29 is 9.90 Å². The zero-order valence-electron chi connectivity index (χ0n) is 8.46. The molecule has 3 nitrogen and oxygen atoms in total. The van der Waals surface area contributed by atoms with Gasteiger partial charge in [-0.15, -0.1) is 11.3 Å². The van der Waals surface area contributed by atoms with Gasteiger partial charge in [0.1, 0.15) is 6.10 Å². The molecule has 1 aromatic heterocycles. The van der Waals surface area contributed by atoms with Crippen LogP contribution in [0.1, 0.15) is 26.2 Å². The molecule has 16 heavy (non-hydrogen) atoms. The maximum absolute atomic E-state index is 10.9. The third-order valence-electron chi connectivity index (χ3n) is 2.25. The predicted molar refractivity (Wildman–Crippen MR) is 63.3 cm³/mol. The van der Waals surface area contributed by atoms with Gasteiger partial charge in [0, 0.05) is 4.88 Å². The first kappa shape index (κ1) is 10.9. The van der Waals surface area contributed by atoms with Crippen molar-refractivity contribution in [1.29, 1.82) is 0 Å². The van der Waals surface area contributed by atoms with Gasteiger partial charge in [-0.25, -0.2) is 0 Å². The SMILES string of the molecule is NC(=O)c1ccc(C(O)c2ccccc2)s1. The number of primary amides is 1. The molecule has 0 radical (unpaired) electrons. The predicted octanol–water partition coefficient (Wildman–Crippen LogP) is 1.93. The summed E-state index contributed by atoms with van der Waals surface area (Å²) in [5.74, 6) is -0.462. The lowest BCUT2D eigenvalue weighted by molar-refractivity contribution is 0.100. The van der Waals surface area contributed by atoms with E-state index >= 15 is 0 Å². The van der Waals surface area contributed by atoms with Crippen LogP contribution < -0.4 is 5.73 Å². The highest BCUT2D eigenvalue weighted by molar-refractivity contribution is 7.14. The summed E-state index contributed by atoms with van der Waals surface area (Å²) in [5, 5.41) is 10.0. The number of benzene rings is 1. The average Bonchev–Trinajstić information content (AvgIpc) is 2.78. The Morgan fingerprint density at radius 3 is 2.44 bits per heavy atom. The molecule has 1 unspecified atom stereocenters. The summed E-state index contributed by atoms with van der Waals surface area (Å²) in [5.41, 5.74) is 5.96. The summed E-state index contributed by atoms with van der Waals surface area (Å²) in [4.78, 5) is 12.1. The topological polar surface area (TPSA) is 63.3 Å². The first-order chi connectivity index (χ1) is 7.68. The van der Waals surface area contributed by atoms with Crippen molar-refractivity contribution >= 4 is 17.2 Å². The summed E-state index contributed by atoms with van der Waals surface area (Å²) in [6.45, 7) is 0. The van der Waals surface area contributed by atoms with Crippen LogP contribution in [0.15, 0.2) is 42.5 Å². The molecular weight excluding hydrogens is 222 g/mol. The van der Waals surface area contributed by atoms with E-state index in [0.717, 1.165) is 10.4 Å². The number of rotatable bonds is 3. The zero-order valence-corrected chi connectivity index (χ0v) is 9.28. The van der Waals surface area contributed by atoms with Crippen LogP contribution in [-0.4, -0.2) is 11.0 Å². The largest absolute Gasteiger partial charge is 0.383 e. The number of nitrogens with two attached hydrogens (primary N) is 1. The minimum Gasteiger partial charge on any atom is -0.383 e. The van der Waals surface area contributed by atoms with Crippen LogP contribution in [0.3, 0.4) is 0 Å². The van der Waals surface area contributed by atoms with E-state index in [2.05, 4.69) is 0 Å². The van der Waals surface area contributed by atoms with Crippen molar-refractivity contribution in [2.24, 2.45) is 5.73 Å². The molecule has 0 aliphatic rings. The molecule has 1 aromatic carbocycles.